The molecule has 64 valence electrons. The Morgan fingerprint density at radius 2 is 2.31 bits per heavy atom. The Kier molecular flexibility index (Phi) is 1.88. The fourth-order valence-electron chi connectivity index (χ4n) is 1.20. The average Bonchev–Trinajstić information content (AvgIpc) is 2.48. The van der Waals surface area contributed by atoms with E-state index in [1.165, 1.54) is 0 Å². The monoisotopic (exact) mass is 191 g/mol. The van der Waals surface area contributed by atoms with Crippen LogP contribution < -0.4 is 10.2 Å². The molecule has 5 heteroatoms. The summed E-state index contributed by atoms with van der Waals surface area (Å²) in [5, 5.41) is 0. The van der Waals surface area contributed by atoms with Crippen molar-refractivity contribution in [3.8, 4) is 5.75 Å². The SMILES string of the molecule is [B]c1ccc(OC)c2[nH]c(=S)oc12. The lowest BCUT2D eigenvalue weighted by atomic mass is 9.95. The number of aromatic amines is 1. The van der Waals surface area contributed by atoms with E-state index in [1.807, 2.05) is 0 Å². The zero-order valence-electron chi connectivity index (χ0n) is 6.96. The van der Waals surface area contributed by atoms with Gasteiger partial charge in [-0.25, -0.2) is 0 Å². The van der Waals surface area contributed by atoms with E-state index in [2.05, 4.69) is 4.98 Å². The summed E-state index contributed by atoms with van der Waals surface area (Å²) in [7, 11) is 7.26. The molecule has 3 nitrogen and oxygen atoms in total. The highest BCUT2D eigenvalue weighted by Gasteiger charge is 2.07. The number of fused-ring (bicyclic) bond motifs is 1. The van der Waals surface area contributed by atoms with Gasteiger partial charge in [0.25, 0.3) is 4.84 Å². The summed E-state index contributed by atoms with van der Waals surface area (Å²) in [6, 6.07) is 3.48. The third-order valence-corrected chi connectivity index (χ3v) is 1.98. The number of aromatic nitrogens is 1. The highest BCUT2D eigenvalue weighted by molar-refractivity contribution is 7.71. The standard InChI is InChI=1S/C8H6BNO2S/c1-11-5-3-2-4(9)7-6(5)10-8(13)12-7/h2-3H,1H3,(H,10,13). The van der Waals surface area contributed by atoms with E-state index in [1.54, 1.807) is 19.2 Å². The van der Waals surface area contributed by atoms with Crippen molar-refractivity contribution in [2.24, 2.45) is 0 Å². The molecule has 1 N–H and O–H groups in total. The first-order chi connectivity index (χ1) is 6.22. The number of H-pyrrole nitrogens is 1. The summed E-state index contributed by atoms with van der Waals surface area (Å²) in [5.41, 5.74) is 1.79. The van der Waals surface area contributed by atoms with Crippen molar-refractivity contribution in [1.29, 1.82) is 0 Å². The summed E-state index contributed by atoms with van der Waals surface area (Å²) in [5.74, 6) is 0.670. The van der Waals surface area contributed by atoms with Crippen molar-refractivity contribution in [1.82, 2.24) is 4.98 Å². The maximum Gasteiger partial charge on any atom is 0.266 e. The molecule has 1 heterocycles. The van der Waals surface area contributed by atoms with Crippen LogP contribution in [-0.4, -0.2) is 19.9 Å². The van der Waals surface area contributed by atoms with Crippen LogP contribution in [0.1, 0.15) is 0 Å². The Balaban J connectivity index is 2.91. The largest absolute Gasteiger partial charge is 0.494 e. The zero-order chi connectivity index (χ0) is 9.42. The summed E-state index contributed by atoms with van der Waals surface area (Å²) < 4.78 is 10.3. The van der Waals surface area contributed by atoms with Gasteiger partial charge in [-0.15, -0.1) is 0 Å². The first-order valence-electron chi connectivity index (χ1n) is 3.67. The minimum Gasteiger partial charge on any atom is -0.494 e. The normalized spacial score (nSPS) is 10.5. The molecule has 0 amide bonds. The lowest BCUT2D eigenvalue weighted by Gasteiger charge is -2.00. The van der Waals surface area contributed by atoms with Gasteiger partial charge in [0.15, 0.2) is 5.58 Å². The van der Waals surface area contributed by atoms with Crippen LogP contribution in [-0.2, 0) is 0 Å². The first-order valence-corrected chi connectivity index (χ1v) is 4.08. The van der Waals surface area contributed by atoms with Gasteiger partial charge in [0.1, 0.15) is 19.1 Å². The van der Waals surface area contributed by atoms with Crippen molar-refractivity contribution < 1.29 is 9.15 Å². The van der Waals surface area contributed by atoms with Gasteiger partial charge in [0.2, 0.25) is 0 Å². The van der Waals surface area contributed by atoms with Crippen LogP contribution in [0.2, 0.25) is 0 Å². The van der Waals surface area contributed by atoms with Gasteiger partial charge in [-0.3, -0.25) is 0 Å². The van der Waals surface area contributed by atoms with E-state index < -0.39 is 0 Å². The molecule has 0 unspecified atom stereocenters. The quantitative estimate of drug-likeness (QED) is 0.545. The lowest BCUT2D eigenvalue weighted by Crippen LogP contribution is -2.02. The molecule has 2 aromatic rings. The van der Waals surface area contributed by atoms with Gasteiger partial charge < -0.3 is 14.1 Å². The maximum absolute atomic E-state index is 5.68. The molecule has 1 aromatic heterocycles. The van der Waals surface area contributed by atoms with Crippen LogP contribution in [0, 0.1) is 4.84 Å². The fourth-order valence-corrected chi connectivity index (χ4v) is 1.38. The van der Waals surface area contributed by atoms with E-state index in [9.17, 15) is 0 Å². The van der Waals surface area contributed by atoms with E-state index in [4.69, 9.17) is 29.2 Å². The molecule has 0 aliphatic heterocycles. The maximum atomic E-state index is 5.68. The Morgan fingerprint density at radius 3 is 3.00 bits per heavy atom. The number of methoxy groups -OCH3 is 1. The fraction of sp³-hybridized carbons (Fsp3) is 0.125. The van der Waals surface area contributed by atoms with Gasteiger partial charge in [-0.1, -0.05) is 11.5 Å². The number of benzene rings is 1. The molecular formula is C8H6BNO2S. The predicted octanol–water partition coefficient (Wildman–Crippen LogP) is 1.29. The second kappa shape index (κ2) is 2.92. The third kappa shape index (κ3) is 1.25. The summed E-state index contributed by atoms with van der Waals surface area (Å²) >= 11 is 4.85. The summed E-state index contributed by atoms with van der Waals surface area (Å²) in [6.07, 6.45) is 0. The number of hydrogen-bond acceptors (Lipinski definition) is 3. The van der Waals surface area contributed by atoms with Crippen LogP contribution in [0.25, 0.3) is 11.1 Å². The topological polar surface area (TPSA) is 38.2 Å². The van der Waals surface area contributed by atoms with Crippen molar-refractivity contribution in [2.45, 2.75) is 0 Å². The van der Waals surface area contributed by atoms with Gasteiger partial charge in [0, 0.05) is 0 Å². The summed E-state index contributed by atoms with van der Waals surface area (Å²) in [4.78, 5) is 3.16. The first kappa shape index (κ1) is 8.38. The summed E-state index contributed by atoms with van der Waals surface area (Å²) in [6.45, 7) is 0. The van der Waals surface area contributed by atoms with Crippen molar-refractivity contribution in [3.05, 3.63) is 17.0 Å². The number of ether oxygens (including phenoxy) is 1. The lowest BCUT2D eigenvalue weighted by molar-refractivity contribution is 0.419. The highest BCUT2D eigenvalue weighted by Crippen LogP contribution is 2.22. The van der Waals surface area contributed by atoms with E-state index in [-0.39, 0.29) is 0 Å². The molecule has 0 spiro atoms. The minimum atomic E-state index is 0.297. The number of rotatable bonds is 1. The Hall–Kier alpha value is -1.23. The number of hydrogen-bond donors (Lipinski definition) is 1. The molecule has 0 saturated carbocycles. The van der Waals surface area contributed by atoms with Gasteiger partial charge in [-0.2, -0.15) is 0 Å². The Labute approximate surface area is 81.1 Å². The molecule has 0 aliphatic carbocycles. The van der Waals surface area contributed by atoms with Crippen LogP contribution in [0.4, 0.5) is 0 Å². The van der Waals surface area contributed by atoms with Crippen LogP contribution >= 0.6 is 12.2 Å². The van der Waals surface area contributed by atoms with E-state index in [0.717, 1.165) is 0 Å². The minimum absolute atomic E-state index is 0.297. The average molecular weight is 191 g/mol. The van der Waals surface area contributed by atoms with E-state index >= 15 is 0 Å². The van der Waals surface area contributed by atoms with Crippen molar-refractivity contribution >= 4 is 36.6 Å². The third-order valence-electron chi connectivity index (χ3n) is 1.79. The second-order valence-electron chi connectivity index (χ2n) is 2.58. The molecule has 0 atom stereocenters. The van der Waals surface area contributed by atoms with Crippen LogP contribution in [0.3, 0.4) is 0 Å². The molecule has 0 saturated heterocycles. The molecule has 2 rings (SSSR count). The smallest absolute Gasteiger partial charge is 0.266 e. The van der Waals surface area contributed by atoms with Crippen LogP contribution in [0.5, 0.6) is 5.75 Å². The number of oxazole rings is 1. The van der Waals surface area contributed by atoms with Crippen molar-refractivity contribution in [3.63, 3.8) is 0 Å². The Morgan fingerprint density at radius 1 is 1.54 bits per heavy atom. The van der Waals surface area contributed by atoms with Crippen molar-refractivity contribution in [2.75, 3.05) is 7.11 Å². The molecule has 1 aromatic carbocycles. The Bertz CT molecular complexity index is 502. The second-order valence-corrected chi connectivity index (χ2v) is 2.95. The van der Waals surface area contributed by atoms with E-state index in [0.29, 0.717) is 27.1 Å². The molecule has 0 bridgehead atoms. The number of nitrogens with one attached hydrogen (secondary N) is 1. The van der Waals surface area contributed by atoms with Gasteiger partial charge in [0.05, 0.1) is 7.11 Å². The van der Waals surface area contributed by atoms with Crippen LogP contribution in [0.15, 0.2) is 16.5 Å². The van der Waals surface area contributed by atoms with Gasteiger partial charge >= 0.3 is 0 Å². The molecule has 0 fully saturated rings. The molecular weight excluding hydrogens is 185 g/mol. The van der Waals surface area contributed by atoms with Gasteiger partial charge in [-0.05, 0) is 18.3 Å². The zero-order valence-corrected chi connectivity index (χ0v) is 7.77. The highest BCUT2D eigenvalue weighted by atomic mass is 32.1. The molecule has 13 heavy (non-hydrogen) atoms. The molecule has 0 aliphatic rings. The predicted molar refractivity (Wildman–Crippen MR) is 53.3 cm³/mol. The molecule has 2 radical (unpaired) electrons.